The van der Waals surface area contributed by atoms with E-state index in [2.05, 4.69) is 0 Å². The molecule has 1 unspecified atom stereocenters. The van der Waals surface area contributed by atoms with Crippen molar-refractivity contribution < 1.29 is 14.3 Å². The number of anilines is 1. The maximum absolute atomic E-state index is 12.9. The minimum absolute atomic E-state index is 0.000296. The summed E-state index contributed by atoms with van der Waals surface area (Å²) < 4.78 is 5.64. The fraction of sp³-hybridized carbons (Fsp3) is 0.364. The smallest absolute Gasteiger partial charge is 0.228 e. The molecular formula is C22H26N2O3. The van der Waals surface area contributed by atoms with Gasteiger partial charge in [0.2, 0.25) is 11.8 Å². The second-order valence-corrected chi connectivity index (χ2v) is 6.98. The number of ether oxygens (including phenoxy) is 1. The zero-order chi connectivity index (χ0) is 19.4. The van der Waals surface area contributed by atoms with Crippen LogP contribution in [0.25, 0.3) is 0 Å². The number of rotatable bonds is 6. The summed E-state index contributed by atoms with van der Waals surface area (Å²) in [4.78, 5) is 28.7. The minimum atomic E-state index is -0.317. The fourth-order valence-electron chi connectivity index (χ4n) is 3.42. The zero-order valence-electron chi connectivity index (χ0n) is 16.1. The summed E-state index contributed by atoms with van der Waals surface area (Å²) in [7, 11) is 1.78. The molecule has 0 aliphatic carbocycles. The number of carbonyl (C=O) groups is 2. The summed E-state index contributed by atoms with van der Waals surface area (Å²) in [6.07, 6.45) is 0.254. The Hall–Kier alpha value is -2.82. The molecule has 1 atom stereocenters. The first-order valence-corrected chi connectivity index (χ1v) is 9.32. The van der Waals surface area contributed by atoms with Gasteiger partial charge < -0.3 is 14.5 Å². The summed E-state index contributed by atoms with van der Waals surface area (Å²) in [5, 5.41) is 0. The van der Waals surface area contributed by atoms with Gasteiger partial charge in [0.15, 0.2) is 0 Å². The number of carbonyl (C=O) groups excluding carboxylic acids is 2. The summed E-state index contributed by atoms with van der Waals surface area (Å²) in [6.45, 7) is 5.42. The molecule has 0 saturated carbocycles. The van der Waals surface area contributed by atoms with Gasteiger partial charge in [-0.1, -0.05) is 35.9 Å². The highest BCUT2D eigenvalue weighted by atomic mass is 16.5. The van der Waals surface area contributed by atoms with Crippen molar-refractivity contribution in [3.8, 4) is 5.75 Å². The van der Waals surface area contributed by atoms with Crippen LogP contribution in [-0.4, -0.2) is 36.9 Å². The number of para-hydroxylation sites is 1. The lowest BCUT2D eigenvalue weighted by Gasteiger charge is -2.22. The van der Waals surface area contributed by atoms with Crippen LogP contribution in [0.1, 0.15) is 24.5 Å². The van der Waals surface area contributed by atoms with Gasteiger partial charge in [0.05, 0.1) is 12.5 Å². The molecule has 1 heterocycles. The molecule has 0 aromatic heterocycles. The number of aryl methyl sites for hydroxylation is 1. The first kappa shape index (κ1) is 19.0. The molecule has 0 bridgehead atoms. The second-order valence-electron chi connectivity index (χ2n) is 6.98. The Morgan fingerprint density at radius 1 is 1.19 bits per heavy atom. The summed E-state index contributed by atoms with van der Waals surface area (Å²) >= 11 is 0. The molecule has 27 heavy (non-hydrogen) atoms. The fourth-order valence-corrected chi connectivity index (χ4v) is 3.42. The van der Waals surface area contributed by atoms with Crippen molar-refractivity contribution in [1.29, 1.82) is 0 Å². The van der Waals surface area contributed by atoms with Crippen molar-refractivity contribution in [3.05, 3.63) is 59.7 Å². The van der Waals surface area contributed by atoms with E-state index in [4.69, 9.17) is 4.74 Å². The number of benzene rings is 2. The normalized spacial score (nSPS) is 16.5. The molecule has 0 spiro atoms. The molecule has 0 N–H and O–H groups in total. The SMILES string of the molecule is CCOc1ccccc1CN(C)C(=O)C1CC(=O)N(c2ccc(C)cc2)C1. The summed E-state index contributed by atoms with van der Waals surface area (Å²) in [5.41, 5.74) is 2.96. The zero-order valence-corrected chi connectivity index (χ0v) is 16.1. The third kappa shape index (κ3) is 4.30. The predicted octanol–water partition coefficient (Wildman–Crippen LogP) is 3.41. The Kier molecular flexibility index (Phi) is 5.79. The molecular weight excluding hydrogens is 340 g/mol. The highest BCUT2D eigenvalue weighted by molar-refractivity contribution is 6.00. The Balaban J connectivity index is 1.67. The van der Waals surface area contributed by atoms with E-state index < -0.39 is 0 Å². The molecule has 5 heteroatoms. The van der Waals surface area contributed by atoms with Crippen molar-refractivity contribution >= 4 is 17.5 Å². The molecule has 1 aliphatic heterocycles. The van der Waals surface area contributed by atoms with Gasteiger partial charge in [0.25, 0.3) is 0 Å². The molecule has 1 fully saturated rings. The van der Waals surface area contributed by atoms with Crippen LogP contribution in [-0.2, 0) is 16.1 Å². The third-order valence-corrected chi connectivity index (χ3v) is 4.88. The van der Waals surface area contributed by atoms with E-state index in [-0.39, 0.29) is 24.2 Å². The Bertz CT molecular complexity index is 817. The first-order chi connectivity index (χ1) is 13.0. The number of amides is 2. The van der Waals surface area contributed by atoms with Crippen molar-refractivity contribution in [3.63, 3.8) is 0 Å². The Morgan fingerprint density at radius 3 is 2.59 bits per heavy atom. The van der Waals surface area contributed by atoms with Crippen LogP contribution in [0.2, 0.25) is 0 Å². The minimum Gasteiger partial charge on any atom is -0.494 e. The molecule has 5 nitrogen and oxygen atoms in total. The van der Waals surface area contributed by atoms with Crippen LogP contribution in [0.4, 0.5) is 5.69 Å². The van der Waals surface area contributed by atoms with Crippen LogP contribution in [0, 0.1) is 12.8 Å². The number of hydrogen-bond donors (Lipinski definition) is 0. The number of nitrogens with zero attached hydrogens (tertiary/aromatic N) is 2. The predicted molar refractivity (Wildman–Crippen MR) is 106 cm³/mol. The van der Waals surface area contributed by atoms with Gasteiger partial charge >= 0.3 is 0 Å². The lowest BCUT2D eigenvalue weighted by atomic mass is 10.1. The van der Waals surface area contributed by atoms with Gasteiger partial charge in [-0.2, -0.15) is 0 Å². The molecule has 2 amide bonds. The van der Waals surface area contributed by atoms with Crippen molar-refractivity contribution in [2.75, 3.05) is 25.1 Å². The lowest BCUT2D eigenvalue weighted by molar-refractivity contribution is -0.135. The second kappa shape index (κ2) is 8.25. The molecule has 1 saturated heterocycles. The van der Waals surface area contributed by atoms with E-state index in [0.717, 1.165) is 22.6 Å². The van der Waals surface area contributed by atoms with E-state index in [1.165, 1.54) is 0 Å². The third-order valence-electron chi connectivity index (χ3n) is 4.88. The van der Waals surface area contributed by atoms with Crippen molar-refractivity contribution in [2.45, 2.75) is 26.8 Å². The van der Waals surface area contributed by atoms with Crippen LogP contribution in [0.3, 0.4) is 0 Å². The van der Waals surface area contributed by atoms with E-state index in [1.807, 2.05) is 62.4 Å². The van der Waals surface area contributed by atoms with Crippen LogP contribution < -0.4 is 9.64 Å². The average Bonchev–Trinajstić information content (AvgIpc) is 3.05. The maximum Gasteiger partial charge on any atom is 0.228 e. The van der Waals surface area contributed by atoms with Crippen molar-refractivity contribution in [2.24, 2.45) is 5.92 Å². The van der Waals surface area contributed by atoms with Gasteiger partial charge in [-0.15, -0.1) is 0 Å². The topological polar surface area (TPSA) is 49.9 Å². The highest BCUT2D eigenvalue weighted by Gasteiger charge is 2.36. The summed E-state index contributed by atoms with van der Waals surface area (Å²) in [6, 6.07) is 15.6. The van der Waals surface area contributed by atoms with Gasteiger partial charge in [0, 0.05) is 37.8 Å². The molecule has 1 aliphatic rings. The van der Waals surface area contributed by atoms with Crippen molar-refractivity contribution in [1.82, 2.24) is 4.90 Å². The molecule has 2 aromatic carbocycles. The van der Waals surface area contributed by atoms with E-state index in [1.54, 1.807) is 16.8 Å². The van der Waals surface area contributed by atoms with Crippen LogP contribution in [0.15, 0.2) is 48.5 Å². The quantitative estimate of drug-likeness (QED) is 0.787. The molecule has 3 rings (SSSR count). The maximum atomic E-state index is 12.9. The van der Waals surface area contributed by atoms with Gasteiger partial charge in [-0.05, 0) is 32.0 Å². The van der Waals surface area contributed by atoms with Gasteiger partial charge in [-0.25, -0.2) is 0 Å². The lowest BCUT2D eigenvalue weighted by Crippen LogP contribution is -2.34. The molecule has 142 valence electrons. The number of hydrogen-bond acceptors (Lipinski definition) is 3. The van der Waals surface area contributed by atoms with Crippen LogP contribution in [0.5, 0.6) is 5.75 Å². The molecule has 0 radical (unpaired) electrons. The van der Waals surface area contributed by atoms with Gasteiger partial charge in [0.1, 0.15) is 5.75 Å². The largest absolute Gasteiger partial charge is 0.494 e. The Labute approximate surface area is 160 Å². The standard InChI is InChI=1S/C22H26N2O3/c1-4-27-20-8-6-5-7-17(20)14-23(3)22(26)18-13-21(25)24(15-18)19-11-9-16(2)10-12-19/h5-12,18H,4,13-15H2,1-3H3. The van der Waals surface area contributed by atoms with E-state index >= 15 is 0 Å². The summed E-state index contributed by atoms with van der Waals surface area (Å²) in [5.74, 6) is 0.469. The first-order valence-electron chi connectivity index (χ1n) is 9.32. The highest BCUT2D eigenvalue weighted by Crippen LogP contribution is 2.27. The van der Waals surface area contributed by atoms with E-state index in [0.29, 0.717) is 19.7 Å². The van der Waals surface area contributed by atoms with Gasteiger partial charge in [-0.3, -0.25) is 9.59 Å². The monoisotopic (exact) mass is 366 g/mol. The average molecular weight is 366 g/mol. The van der Waals surface area contributed by atoms with E-state index in [9.17, 15) is 9.59 Å². The Morgan fingerprint density at radius 2 is 1.89 bits per heavy atom. The van der Waals surface area contributed by atoms with Crippen LogP contribution >= 0.6 is 0 Å². The molecule has 2 aromatic rings.